The molecule has 0 saturated heterocycles. The normalized spacial score (nSPS) is 16.4. The van der Waals surface area contributed by atoms with Gasteiger partial charge >= 0.3 is 7.12 Å². The molecule has 0 amide bonds. The first-order valence-electron chi connectivity index (χ1n) is 7.35. The van der Waals surface area contributed by atoms with Crippen molar-refractivity contribution in [1.29, 1.82) is 0 Å². The Bertz CT molecular complexity index is 433. The van der Waals surface area contributed by atoms with Gasteiger partial charge in [0.15, 0.2) is 0 Å². The molecule has 1 saturated carbocycles. The lowest BCUT2D eigenvalue weighted by molar-refractivity contribution is 0.184. The van der Waals surface area contributed by atoms with E-state index < -0.39 is 7.12 Å². The van der Waals surface area contributed by atoms with Crippen molar-refractivity contribution < 1.29 is 14.8 Å². The third kappa shape index (κ3) is 3.75. The van der Waals surface area contributed by atoms with Crippen molar-refractivity contribution in [3.63, 3.8) is 0 Å². The van der Waals surface area contributed by atoms with Crippen molar-refractivity contribution in [3.8, 4) is 5.75 Å². The zero-order chi connectivity index (χ0) is 14.5. The van der Waals surface area contributed by atoms with Gasteiger partial charge in [0.1, 0.15) is 5.75 Å². The number of benzene rings is 1. The molecule has 0 aromatic heterocycles. The Kier molecular flexibility index (Phi) is 5.46. The van der Waals surface area contributed by atoms with Gasteiger partial charge in [-0.15, -0.1) is 0 Å². The zero-order valence-electron chi connectivity index (χ0n) is 12.4. The second-order valence-electron chi connectivity index (χ2n) is 5.65. The first-order chi connectivity index (χ1) is 9.61. The van der Waals surface area contributed by atoms with Crippen LogP contribution < -0.4 is 10.2 Å². The molecule has 1 aliphatic rings. The molecule has 0 bridgehead atoms. The van der Waals surface area contributed by atoms with Crippen molar-refractivity contribution in [2.75, 3.05) is 14.2 Å². The molecule has 0 radical (unpaired) electrons. The zero-order valence-corrected chi connectivity index (χ0v) is 12.4. The number of rotatable bonds is 5. The van der Waals surface area contributed by atoms with Crippen LogP contribution in [0.15, 0.2) is 18.2 Å². The van der Waals surface area contributed by atoms with Crippen LogP contribution in [-0.2, 0) is 6.54 Å². The molecule has 1 fully saturated rings. The minimum atomic E-state index is -1.43. The third-order valence-corrected chi connectivity index (χ3v) is 4.25. The molecule has 0 aliphatic heterocycles. The molecule has 5 heteroatoms. The van der Waals surface area contributed by atoms with Gasteiger partial charge < -0.3 is 14.8 Å². The highest BCUT2D eigenvalue weighted by molar-refractivity contribution is 6.59. The van der Waals surface area contributed by atoms with Crippen LogP contribution in [0.1, 0.15) is 37.7 Å². The van der Waals surface area contributed by atoms with Crippen LogP contribution in [0.2, 0.25) is 0 Å². The topological polar surface area (TPSA) is 52.9 Å². The predicted molar refractivity (Wildman–Crippen MR) is 81.2 cm³/mol. The van der Waals surface area contributed by atoms with E-state index in [1.165, 1.54) is 32.1 Å². The SMILES string of the molecule is COc1ccc(B(O)O)c(CN(C)C2CCCCC2)c1. The number of nitrogens with zero attached hydrogens (tertiary/aromatic N) is 1. The van der Waals surface area contributed by atoms with Gasteiger partial charge in [0.05, 0.1) is 7.11 Å². The fourth-order valence-electron chi connectivity index (χ4n) is 3.02. The maximum Gasteiger partial charge on any atom is 0.488 e. The molecular formula is C15H24BNO3. The van der Waals surface area contributed by atoms with Crippen LogP contribution in [0.5, 0.6) is 5.75 Å². The Morgan fingerprint density at radius 2 is 1.95 bits per heavy atom. The van der Waals surface area contributed by atoms with Crippen LogP contribution >= 0.6 is 0 Å². The summed E-state index contributed by atoms with van der Waals surface area (Å²) in [7, 11) is 2.30. The van der Waals surface area contributed by atoms with Crippen LogP contribution in [0.4, 0.5) is 0 Å². The summed E-state index contributed by atoms with van der Waals surface area (Å²) < 4.78 is 5.23. The highest BCUT2D eigenvalue weighted by atomic mass is 16.5. The van der Waals surface area contributed by atoms with E-state index in [2.05, 4.69) is 11.9 Å². The summed E-state index contributed by atoms with van der Waals surface area (Å²) in [6.45, 7) is 0.717. The van der Waals surface area contributed by atoms with Gasteiger partial charge in [-0.25, -0.2) is 0 Å². The lowest BCUT2D eigenvalue weighted by Gasteiger charge is -2.31. The molecule has 1 aromatic rings. The maximum atomic E-state index is 9.49. The number of ether oxygens (including phenoxy) is 1. The van der Waals surface area contributed by atoms with Gasteiger partial charge in [-0.2, -0.15) is 0 Å². The summed E-state index contributed by atoms with van der Waals surface area (Å²) in [6.07, 6.45) is 6.39. The molecule has 2 N–H and O–H groups in total. The molecule has 2 rings (SSSR count). The van der Waals surface area contributed by atoms with Crippen LogP contribution in [-0.4, -0.2) is 42.3 Å². The summed E-state index contributed by atoms with van der Waals surface area (Å²) in [4.78, 5) is 2.32. The summed E-state index contributed by atoms with van der Waals surface area (Å²) in [5.74, 6) is 0.751. The highest BCUT2D eigenvalue weighted by Gasteiger charge is 2.22. The molecule has 1 aromatic carbocycles. The lowest BCUT2D eigenvalue weighted by atomic mass is 9.76. The predicted octanol–water partition coefficient (Wildman–Crippen LogP) is 1.14. The van der Waals surface area contributed by atoms with Gasteiger partial charge in [-0.1, -0.05) is 25.3 Å². The Labute approximate surface area is 121 Å². The average Bonchev–Trinajstić information content (AvgIpc) is 2.47. The van der Waals surface area contributed by atoms with Crippen molar-refractivity contribution in [2.24, 2.45) is 0 Å². The number of methoxy groups -OCH3 is 1. The Morgan fingerprint density at radius 1 is 1.25 bits per heavy atom. The fourth-order valence-corrected chi connectivity index (χ4v) is 3.02. The van der Waals surface area contributed by atoms with Crippen LogP contribution in [0, 0.1) is 0 Å². The van der Waals surface area contributed by atoms with Crippen molar-refractivity contribution in [1.82, 2.24) is 4.90 Å². The molecule has 0 heterocycles. The van der Waals surface area contributed by atoms with E-state index in [1.54, 1.807) is 19.2 Å². The van der Waals surface area contributed by atoms with E-state index in [1.807, 2.05) is 6.07 Å². The minimum Gasteiger partial charge on any atom is -0.497 e. The summed E-state index contributed by atoms with van der Waals surface area (Å²) in [6, 6.07) is 5.99. The van der Waals surface area contributed by atoms with Crippen LogP contribution in [0.25, 0.3) is 0 Å². The van der Waals surface area contributed by atoms with Gasteiger partial charge in [0.25, 0.3) is 0 Å². The second-order valence-corrected chi connectivity index (χ2v) is 5.65. The lowest BCUT2D eigenvalue weighted by Crippen LogP contribution is -2.38. The standard InChI is InChI=1S/C15H24BNO3/c1-17(13-6-4-3-5-7-13)11-12-10-14(20-2)8-9-15(12)16(18)19/h8-10,13,18-19H,3-7,11H2,1-2H3. The molecule has 110 valence electrons. The fraction of sp³-hybridized carbons (Fsp3) is 0.600. The summed E-state index contributed by atoms with van der Waals surface area (Å²) >= 11 is 0. The van der Waals surface area contributed by atoms with Crippen molar-refractivity contribution in [2.45, 2.75) is 44.7 Å². The molecule has 4 nitrogen and oxygen atoms in total. The van der Waals surface area contributed by atoms with E-state index in [0.29, 0.717) is 11.5 Å². The van der Waals surface area contributed by atoms with Crippen molar-refractivity contribution in [3.05, 3.63) is 23.8 Å². The first-order valence-corrected chi connectivity index (χ1v) is 7.35. The Balaban J connectivity index is 2.13. The van der Waals surface area contributed by atoms with Gasteiger partial charge in [-0.05, 0) is 43.0 Å². The third-order valence-electron chi connectivity index (χ3n) is 4.25. The molecular weight excluding hydrogens is 253 g/mol. The number of hydrogen-bond acceptors (Lipinski definition) is 4. The molecule has 0 unspecified atom stereocenters. The molecule has 0 atom stereocenters. The summed E-state index contributed by atoms with van der Waals surface area (Å²) in [5, 5.41) is 19.0. The van der Waals surface area contributed by atoms with Crippen LogP contribution in [0.3, 0.4) is 0 Å². The second kappa shape index (κ2) is 7.11. The van der Waals surface area contributed by atoms with Crippen molar-refractivity contribution >= 4 is 12.6 Å². The van der Waals surface area contributed by atoms with Gasteiger partial charge in [-0.3, -0.25) is 4.90 Å². The Morgan fingerprint density at radius 3 is 2.55 bits per heavy atom. The van der Waals surface area contributed by atoms with E-state index >= 15 is 0 Å². The van der Waals surface area contributed by atoms with E-state index in [-0.39, 0.29) is 0 Å². The molecule has 0 spiro atoms. The smallest absolute Gasteiger partial charge is 0.488 e. The minimum absolute atomic E-state index is 0.563. The average molecular weight is 277 g/mol. The Hall–Kier alpha value is -1.04. The van der Waals surface area contributed by atoms with E-state index in [9.17, 15) is 10.0 Å². The van der Waals surface area contributed by atoms with E-state index in [4.69, 9.17) is 4.74 Å². The van der Waals surface area contributed by atoms with Gasteiger partial charge in [0, 0.05) is 12.6 Å². The monoisotopic (exact) mass is 277 g/mol. The maximum absolute atomic E-state index is 9.49. The first kappa shape index (κ1) is 15.4. The quantitative estimate of drug-likeness (QED) is 0.792. The largest absolute Gasteiger partial charge is 0.497 e. The van der Waals surface area contributed by atoms with E-state index in [0.717, 1.165) is 17.9 Å². The molecule has 1 aliphatic carbocycles. The van der Waals surface area contributed by atoms with Gasteiger partial charge in [0.2, 0.25) is 0 Å². The molecule has 20 heavy (non-hydrogen) atoms. The number of hydrogen-bond donors (Lipinski definition) is 2. The summed E-state index contributed by atoms with van der Waals surface area (Å²) in [5.41, 5.74) is 1.49. The highest BCUT2D eigenvalue weighted by Crippen LogP contribution is 2.23.